The van der Waals surface area contributed by atoms with Gasteiger partial charge in [-0.05, 0) is 18.8 Å². The van der Waals surface area contributed by atoms with Gasteiger partial charge in [-0.1, -0.05) is 0 Å². The maximum Gasteiger partial charge on any atom is 0.0572 e. The van der Waals surface area contributed by atoms with E-state index >= 15 is 0 Å². The molecule has 0 saturated heterocycles. The third-order valence-electron chi connectivity index (χ3n) is 0.465. The zero-order valence-corrected chi connectivity index (χ0v) is 4.78. The smallest absolute Gasteiger partial charge is 0.0572 e. The zero-order valence-electron chi connectivity index (χ0n) is 3.78. The highest BCUT2D eigenvalue weighted by atomic mass is 28.2. The maximum atomic E-state index is 5.17. The molecule has 0 saturated carbocycles. The lowest BCUT2D eigenvalue weighted by Gasteiger charge is -1.85. The molecule has 0 aromatic heterocycles. The van der Waals surface area contributed by atoms with Gasteiger partial charge in [0.25, 0.3) is 0 Å². The third kappa shape index (κ3) is 4.14. The van der Waals surface area contributed by atoms with Gasteiger partial charge < -0.3 is 11.5 Å². The Hall–Kier alpha value is 0.137. The predicted molar refractivity (Wildman–Crippen MR) is 28.7 cm³/mol. The molecule has 0 aliphatic heterocycles. The van der Waals surface area contributed by atoms with Crippen LogP contribution in [-0.2, 0) is 0 Å². The van der Waals surface area contributed by atoms with Crippen molar-refractivity contribution < 1.29 is 0 Å². The van der Waals surface area contributed by atoms with Crippen molar-refractivity contribution in [2.75, 3.05) is 12.7 Å². The Morgan fingerprint density at radius 2 is 2.00 bits per heavy atom. The highest BCUT2D eigenvalue weighted by Gasteiger charge is 1.77. The molecular weight excluding hydrogens is 92.1 g/mol. The van der Waals surface area contributed by atoms with Gasteiger partial charge in [-0.25, -0.2) is 0 Å². The Kier molecular flexibility index (Phi) is 5.25. The topological polar surface area (TPSA) is 52.0 Å². The van der Waals surface area contributed by atoms with Crippen LogP contribution in [-0.4, -0.2) is 22.2 Å². The molecule has 36 valence electrons. The van der Waals surface area contributed by atoms with Crippen molar-refractivity contribution in [3.63, 3.8) is 0 Å². The summed E-state index contributed by atoms with van der Waals surface area (Å²) in [6, 6.07) is 1.09. The SMILES string of the molecule is NCC[Si]CN. The minimum absolute atomic E-state index is 0.787. The van der Waals surface area contributed by atoms with E-state index in [0.717, 1.165) is 28.3 Å². The first-order valence-corrected chi connectivity index (χ1v) is 3.44. The van der Waals surface area contributed by atoms with E-state index in [4.69, 9.17) is 11.5 Å². The molecule has 0 aliphatic carbocycles. The van der Waals surface area contributed by atoms with Crippen LogP contribution in [0, 0.1) is 0 Å². The van der Waals surface area contributed by atoms with Crippen molar-refractivity contribution in [3.8, 4) is 0 Å². The van der Waals surface area contributed by atoms with E-state index in [1.165, 1.54) is 0 Å². The first-order chi connectivity index (χ1) is 2.91. The van der Waals surface area contributed by atoms with Crippen LogP contribution in [0.25, 0.3) is 0 Å². The first kappa shape index (κ1) is 6.14. The fourth-order valence-corrected chi connectivity index (χ4v) is 0.612. The number of nitrogens with two attached hydrogens (primary N) is 2. The largest absolute Gasteiger partial charge is 0.334 e. The molecule has 2 nitrogen and oxygen atoms in total. The van der Waals surface area contributed by atoms with Crippen molar-refractivity contribution in [1.82, 2.24) is 0 Å². The van der Waals surface area contributed by atoms with Gasteiger partial charge in [-0.3, -0.25) is 0 Å². The molecule has 0 heterocycles. The van der Waals surface area contributed by atoms with Gasteiger partial charge in [-0.2, -0.15) is 0 Å². The fourth-order valence-electron chi connectivity index (χ4n) is 0.204. The summed E-state index contributed by atoms with van der Waals surface area (Å²) in [6.45, 7) is 0.787. The van der Waals surface area contributed by atoms with Crippen LogP contribution in [0.1, 0.15) is 0 Å². The number of rotatable bonds is 3. The summed E-state index contributed by atoms with van der Waals surface area (Å²) >= 11 is 0. The molecule has 0 bridgehead atoms. The van der Waals surface area contributed by atoms with Crippen LogP contribution < -0.4 is 11.5 Å². The van der Waals surface area contributed by atoms with E-state index in [-0.39, 0.29) is 0 Å². The summed E-state index contributed by atoms with van der Waals surface area (Å²) in [4.78, 5) is 0. The summed E-state index contributed by atoms with van der Waals surface area (Å²) < 4.78 is 0. The Morgan fingerprint density at radius 3 is 2.17 bits per heavy atom. The molecule has 4 N–H and O–H groups in total. The average Bonchev–Trinajstić information content (AvgIpc) is 1.61. The number of hydrogen-bond donors (Lipinski definition) is 2. The second-order valence-electron chi connectivity index (χ2n) is 0.993. The summed E-state index contributed by atoms with van der Waals surface area (Å²) in [6.07, 6.45) is 0.803. The van der Waals surface area contributed by atoms with Gasteiger partial charge in [0.15, 0.2) is 0 Å². The van der Waals surface area contributed by atoms with Crippen LogP contribution in [0.3, 0.4) is 0 Å². The lowest BCUT2D eigenvalue weighted by Crippen LogP contribution is -2.12. The zero-order chi connectivity index (χ0) is 4.83. The van der Waals surface area contributed by atoms with Crippen LogP contribution in [0.2, 0.25) is 6.04 Å². The molecular formula is C3H10N2Si. The number of hydrogen-bond acceptors (Lipinski definition) is 2. The molecule has 0 aromatic carbocycles. The average molecular weight is 102 g/mol. The Balaban J connectivity index is 2.34. The van der Waals surface area contributed by atoms with E-state index in [0.29, 0.717) is 0 Å². The quantitative estimate of drug-likeness (QED) is 0.354. The minimum atomic E-state index is 0.787. The van der Waals surface area contributed by atoms with Gasteiger partial charge in [0.1, 0.15) is 0 Å². The molecule has 0 aliphatic rings. The van der Waals surface area contributed by atoms with Crippen molar-refractivity contribution in [2.45, 2.75) is 6.04 Å². The highest BCUT2D eigenvalue weighted by molar-refractivity contribution is 6.35. The first-order valence-electron chi connectivity index (χ1n) is 2.02. The van der Waals surface area contributed by atoms with Crippen LogP contribution in [0.4, 0.5) is 0 Å². The van der Waals surface area contributed by atoms with Crippen molar-refractivity contribution in [2.24, 2.45) is 11.5 Å². The standard InChI is InChI=1S/C3H10N2Si/c4-1-2-6-3-5/h1-5H2. The molecule has 0 unspecified atom stereocenters. The molecule has 0 rings (SSSR count). The second kappa shape index (κ2) is 5.14. The van der Waals surface area contributed by atoms with Crippen molar-refractivity contribution in [1.29, 1.82) is 0 Å². The van der Waals surface area contributed by atoms with Gasteiger partial charge in [0.05, 0.1) is 9.52 Å². The van der Waals surface area contributed by atoms with Gasteiger partial charge >= 0.3 is 0 Å². The summed E-state index contributed by atoms with van der Waals surface area (Å²) in [5.74, 6) is 0. The maximum absolute atomic E-state index is 5.17. The van der Waals surface area contributed by atoms with Crippen LogP contribution in [0.15, 0.2) is 0 Å². The lowest BCUT2D eigenvalue weighted by molar-refractivity contribution is 1.11. The molecule has 0 spiro atoms. The molecule has 6 heavy (non-hydrogen) atoms. The normalized spacial score (nSPS) is 9.00. The Bertz CT molecular complexity index is 20.8. The lowest BCUT2D eigenvalue weighted by atomic mass is 10.8. The van der Waals surface area contributed by atoms with E-state index < -0.39 is 0 Å². The summed E-state index contributed by atoms with van der Waals surface area (Å²) in [7, 11) is 0.868. The predicted octanol–water partition coefficient (Wildman–Crippen LogP) is -1.02. The fraction of sp³-hybridized carbons (Fsp3) is 1.00. The van der Waals surface area contributed by atoms with Gasteiger partial charge in [-0.15, -0.1) is 0 Å². The molecule has 0 amide bonds. The monoisotopic (exact) mass is 102 g/mol. The molecule has 0 aromatic rings. The van der Waals surface area contributed by atoms with Crippen LogP contribution >= 0.6 is 0 Å². The Morgan fingerprint density at radius 1 is 1.33 bits per heavy atom. The van der Waals surface area contributed by atoms with Crippen molar-refractivity contribution >= 4 is 9.52 Å². The Labute approximate surface area is 40.7 Å². The molecule has 0 fully saturated rings. The highest BCUT2D eigenvalue weighted by Crippen LogP contribution is 1.64. The van der Waals surface area contributed by atoms with E-state index in [9.17, 15) is 0 Å². The van der Waals surface area contributed by atoms with Crippen molar-refractivity contribution in [3.05, 3.63) is 0 Å². The second-order valence-corrected chi connectivity index (χ2v) is 2.40. The molecule has 3 heteroatoms. The van der Waals surface area contributed by atoms with E-state index in [1.54, 1.807) is 0 Å². The molecule has 2 radical (unpaired) electrons. The molecule has 0 atom stereocenters. The van der Waals surface area contributed by atoms with Gasteiger partial charge in [0.2, 0.25) is 0 Å². The van der Waals surface area contributed by atoms with Gasteiger partial charge in [0, 0.05) is 0 Å². The van der Waals surface area contributed by atoms with Crippen LogP contribution in [0.5, 0.6) is 0 Å². The summed E-state index contributed by atoms with van der Waals surface area (Å²) in [5.41, 5.74) is 10.3. The summed E-state index contributed by atoms with van der Waals surface area (Å²) in [5, 5.41) is 0. The third-order valence-corrected chi connectivity index (χ3v) is 1.40. The van der Waals surface area contributed by atoms with E-state index in [1.807, 2.05) is 0 Å². The van der Waals surface area contributed by atoms with E-state index in [2.05, 4.69) is 0 Å². The minimum Gasteiger partial charge on any atom is -0.334 e.